The average molecular weight is 297 g/mol. The zero-order valence-electron chi connectivity index (χ0n) is 10.1. The van der Waals surface area contributed by atoms with E-state index >= 15 is 0 Å². The molecule has 2 rings (SSSR count). The molecule has 0 aliphatic carbocycles. The van der Waals surface area contributed by atoms with Gasteiger partial charge < -0.3 is 11.1 Å². The Bertz CT molecular complexity index is 559. The Kier molecular flexibility index (Phi) is 5.67. The molecule has 0 saturated heterocycles. The number of benzene rings is 2. The zero-order valence-corrected chi connectivity index (χ0v) is 11.7. The van der Waals surface area contributed by atoms with E-state index in [4.69, 9.17) is 17.3 Å². The van der Waals surface area contributed by atoms with Gasteiger partial charge in [-0.05, 0) is 23.8 Å². The summed E-state index contributed by atoms with van der Waals surface area (Å²) in [5.41, 5.74) is 7.59. The second kappa shape index (κ2) is 7.02. The second-order valence-electron chi connectivity index (χ2n) is 3.91. The lowest BCUT2D eigenvalue weighted by Gasteiger charge is -2.07. The molecule has 0 atom stereocenters. The molecule has 19 heavy (non-hydrogen) atoms. The number of nitrogens with one attached hydrogen (secondary N) is 1. The molecule has 5 heteroatoms. The number of nitrogens with two attached hydrogens (primary N) is 1. The maximum Gasteiger partial charge on any atom is 0.253 e. The first-order chi connectivity index (χ1) is 8.66. The van der Waals surface area contributed by atoms with Gasteiger partial charge in [0.15, 0.2) is 0 Å². The van der Waals surface area contributed by atoms with Crippen LogP contribution < -0.4 is 11.1 Å². The minimum absolute atomic E-state index is 0. The van der Waals surface area contributed by atoms with Crippen molar-refractivity contribution in [1.29, 1.82) is 0 Å². The molecule has 0 aliphatic heterocycles. The van der Waals surface area contributed by atoms with Crippen LogP contribution in [0, 0.1) is 0 Å². The smallest absolute Gasteiger partial charge is 0.253 e. The topological polar surface area (TPSA) is 55.1 Å². The van der Waals surface area contributed by atoms with Crippen LogP contribution in [0.25, 0.3) is 0 Å². The molecule has 0 aromatic heterocycles. The first-order valence-corrected chi connectivity index (χ1v) is 5.92. The van der Waals surface area contributed by atoms with E-state index in [0.29, 0.717) is 22.8 Å². The van der Waals surface area contributed by atoms with Gasteiger partial charge in [0.25, 0.3) is 5.91 Å². The Morgan fingerprint density at radius 2 is 1.84 bits per heavy atom. The molecule has 2 aromatic carbocycles. The Hall–Kier alpha value is -1.71. The van der Waals surface area contributed by atoms with Crippen molar-refractivity contribution in [2.45, 2.75) is 6.54 Å². The molecule has 0 radical (unpaired) electrons. The largest absolute Gasteiger partial charge is 0.399 e. The molecular formula is C14H14Cl2N2O. The number of anilines is 1. The van der Waals surface area contributed by atoms with Crippen molar-refractivity contribution in [3.05, 3.63) is 64.7 Å². The van der Waals surface area contributed by atoms with Crippen LogP contribution in [0.4, 0.5) is 5.69 Å². The van der Waals surface area contributed by atoms with Crippen molar-refractivity contribution in [3.63, 3.8) is 0 Å². The van der Waals surface area contributed by atoms with Crippen LogP contribution in [0.2, 0.25) is 5.02 Å². The molecule has 3 nitrogen and oxygen atoms in total. The number of hydrogen-bond donors (Lipinski definition) is 2. The summed E-state index contributed by atoms with van der Waals surface area (Å²) >= 11 is 5.97. The summed E-state index contributed by atoms with van der Waals surface area (Å²) < 4.78 is 0. The van der Waals surface area contributed by atoms with Crippen LogP contribution in [-0.4, -0.2) is 5.91 Å². The van der Waals surface area contributed by atoms with Crippen LogP contribution in [0.15, 0.2) is 48.5 Å². The molecule has 0 aliphatic rings. The van der Waals surface area contributed by atoms with E-state index in [2.05, 4.69) is 5.32 Å². The van der Waals surface area contributed by atoms with Crippen molar-refractivity contribution in [3.8, 4) is 0 Å². The fraction of sp³-hybridized carbons (Fsp3) is 0.0714. The molecule has 2 aromatic rings. The number of hydrogen-bond acceptors (Lipinski definition) is 2. The first-order valence-electron chi connectivity index (χ1n) is 5.54. The lowest BCUT2D eigenvalue weighted by molar-refractivity contribution is 0.0951. The Morgan fingerprint density at radius 3 is 2.47 bits per heavy atom. The highest BCUT2D eigenvalue weighted by molar-refractivity contribution is 6.34. The molecule has 1 amide bonds. The summed E-state index contributed by atoms with van der Waals surface area (Å²) in [4.78, 5) is 11.9. The number of halogens is 2. The highest BCUT2D eigenvalue weighted by atomic mass is 35.5. The van der Waals surface area contributed by atoms with Crippen molar-refractivity contribution < 1.29 is 4.79 Å². The lowest BCUT2D eigenvalue weighted by Crippen LogP contribution is -2.23. The number of carbonyl (C=O) groups is 1. The van der Waals surface area contributed by atoms with E-state index in [1.165, 1.54) is 0 Å². The van der Waals surface area contributed by atoms with E-state index in [1.54, 1.807) is 18.2 Å². The number of rotatable bonds is 3. The molecule has 0 spiro atoms. The maximum atomic E-state index is 11.9. The summed E-state index contributed by atoms with van der Waals surface area (Å²) in [6, 6.07) is 14.5. The first kappa shape index (κ1) is 15.3. The highest BCUT2D eigenvalue weighted by Crippen LogP contribution is 2.19. The normalized spacial score (nSPS) is 9.53. The van der Waals surface area contributed by atoms with Gasteiger partial charge >= 0.3 is 0 Å². The summed E-state index contributed by atoms with van der Waals surface area (Å²) in [7, 11) is 0. The molecule has 0 heterocycles. The summed E-state index contributed by atoms with van der Waals surface area (Å²) in [5, 5.41) is 3.17. The van der Waals surface area contributed by atoms with Crippen molar-refractivity contribution >= 4 is 35.6 Å². The maximum absolute atomic E-state index is 11.9. The molecular weight excluding hydrogens is 283 g/mol. The van der Waals surface area contributed by atoms with Crippen LogP contribution >= 0.6 is 24.0 Å². The van der Waals surface area contributed by atoms with Crippen LogP contribution in [0.5, 0.6) is 0 Å². The highest BCUT2D eigenvalue weighted by Gasteiger charge is 2.09. The van der Waals surface area contributed by atoms with Crippen LogP contribution in [0.1, 0.15) is 15.9 Å². The van der Waals surface area contributed by atoms with Crippen LogP contribution in [-0.2, 0) is 6.54 Å². The molecule has 0 saturated carbocycles. The van der Waals surface area contributed by atoms with Gasteiger partial charge in [-0.2, -0.15) is 0 Å². The predicted octanol–water partition coefficient (Wildman–Crippen LogP) is 3.27. The fourth-order valence-corrected chi connectivity index (χ4v) is 1.86. The second-order valence-corrected chi connectivity index (χ2v) is 4.31. The minimum atomic E-state index is -0.205. The van der Waals surface area contributed by atoms with Gasteiger partial charge in [-0.25, -0.2) is 0 Å². The lowest BCUT2D eigenvalue weighted by atomic mass is 10.2. The Labute approximate surface area is 123 Å². The molecule has 0 fully saturated rings. The van der Waals surface area contributed by atoms with Gasteiger partial charge in [-0.1, -0.05) is 41.9 Å². The fourth-order valence-electron chi connectivity index (χ4n) is 1.59. The SMILES string of the molecule is Cl.Nc1ccc(C(=O)NCc2ccccc2)c(Cl)c1. The monoisotopic (exact) mass is 296 g/mol. The molecule has 0 unspecified atom stereocenters. The summed E-state index contributed by atoms with van der Waals surface area (Å²) in [5.74, 6) is -0.205. The Morgan fingerprint density at radius 1 is 1.16 bits per heavy atom. The van der Waals surface area contributed by atoms with E-state index in [-0.39, 0.29) is 18.3 Å². The van der Waals surface area contributed by atoms with E-state index < -0.39 is 0 Å². The van der Waals surface area contributed by atoms with Crippen LogP contribution in [0.3, 0.4) is 0 Å². The number of nitrogen functional groups attached to an aromatic ring is 1. The van der Waals surface area contributed by atoms with Gasteiger partial charge in [0.2, 0.25) is 0 Å². The van der Waals surface area contributed by atoms with Crippen molar-refractivity contribution in [2.24, 2.45) is 0 Å². The standard InChI is InChI=1S/C14H13ClN2O.ClH/c15-13-8-11(16)6-7-12(13)14(18)17-9-10-4-2-1-3-5-10;/h1-8H,9,16H2,(H,17,18);1H. The molecule has 3 N–H and O–H groups in total. The van der Waals surface area contributed by atoms with E-state index in [9.17, 15) is 4.79 Å². The predicted molar refractivity (Wildman–Crippen MR) is 80.7 cm³/mol. The quantitative estimate of drug-likeness (QED) is 0.854. The van der Waals surface area contributed by atoms with Crippen molar-refractivity contribution in [1.82, 2.24) is 5.32 Å². The third kappa shape index (κ3) is 4.16. The summed E-state index contributed by atoms with van der Waals surface area (Å²) in [6.45, 7) is 0.473. The van der Waals surface area contributed by atoms with Gasteiger partial charge in [0, 0.05) is 12.2 Å². The van der Waals surface area contributed by atoms with Gasteiger partial charge in [-0.3, -0.25) is 4.79 Å². The third-order valence-electron chi connectivity index (χ3n) is 2.53. The minimum Gasteiger partial charge on any atom is -0.399 e. The Balaban J connectivity index is 0.00000180. The third-order valence-corrected chi connectivity index (χ3v) is 2.85. The van der Waals surface area contributed by atoms with Gasteiger partial charge in [0.05, 0.1) is 10.6 Å². The zero-order chi connectivity index (χ0) is 13.0. The molecule has 0 bridgehead atoms. The van der Waals surface area contributed by atoms with Gasteiger partial charge in [-0.15, -0.1) is 12.4 Å². The van der Waals surface area contributed by atoms with Crippen molar-refractivity contribution in [2.75, 3.05) is 5.73 Å². The van der Waals surface area contributed by atoms with E-state index in [0.717, 1.165) is 5.56 Å². The number of amides is 1. The number of carbonyl (C=O) groups excluding carboxylic acids is 1. The average Bonchev–Trinajstić information content (AvgIpc) is 2.37. The van der Waals surface area contributed by atoms with E-state index in [1.807, 2.05) is 30.3 Å². The van der Waals surface area contributed by atoms with Gasteiger partial charge in [0.1, 0.15) is 0 Å². The molecule has 100 valence electrons. The summed E-state index contributed by atoms with van der Waals surface area (Å²) in [6.07, 6.45) is 0.